The molecule has 112 valence electrons. The zero-order valence-corrected chi connectivity index (χ0v) is 13.1. The Balaban J connectivity index is 2.11. The molecule has 1 aromatic carbocycles. The van der Waals surface area contributed by atoms with Crippen LogP contribution in [0.25, 0.3) is 5.69 Å². The molecule has 0 unspecified atom stereocenters. The van der Waals surface area contributed by atoms with Crippen molar-refractivity contribution in [2.75, 3.05) is 5.88 Å². The van der Waals surface area contributed by atoms with E-state index in [1.54, 1.807) is 18.5 Å². The summed E-state index contributed by atoms with van der Waals surface area (Å²) in [5.41, 5.74) is 1.39. The molecule has 0 saturated carbocycles. The first-order valence-electron chi connectivity index (χ1n) is 6.62. The second-order valence-corrected chi connectivity index (χ2v) is 5.81. The van der Waals surface area contributed by atoms with Gasteiger partial charge in [0.2, 0.25) is 5.91 Å². The Kier molecular flexibility index (Phi) is 4.57. The molecule has 1 N–H and O–H groups in total. The Morgan fingerprint density at radius 1 is 1.33 bits per heavy atom. The van der Waals surface area contributed by atoms with E-state index in [4.69, 9.17) is 11.6 Å². The van der Waals surface area contributed by atoms with Gasteiger partial charge < -0.3 is 5.32 Å². The van der Waals surface area contributed by atoms with E-state index in [0.29, 0.717) is 5.82 Å². The summed E-state index contributed by atoms with van der Waals surface area (Å²) >= 11 is 5.78. The highest BCUT2D eigenvalue weighted by Gasteiger charge is 2.26. The molecule has 21 heavy (non-hydrogen) atoms. The fraction of sp³-hybridized carbons (Fsp3) is 0.429. The van der Waals surface area contributed by atoms with Crippen LogP contribution in [0.1, 0.15) is 25.2 Å². The molecule has 0 radical (unpaired) electrons. The monoisotopic (exact) mass is 307 g/mol. The molecule has 1 aromatic heterocycles. The van der Waals surface area contributed by atoms with Crippen molar-refractivity contribution in [3.8, 4) is 5.69 Å². The predicted octanol–water partition coefficient (Wildman–Crippen LogP) is 1.85. The molecule has 2 aromatic rings. The first kappa shape index (κ1) is 15.4. The Morgan fingerprint density at radius 2 is 2.00 bits per heavy atom. The van der Waals surface area contributed by atoms with Crippen LogP contribution in [0.3, 0.4) is 0 Å². The summed E-state index contributed by atoms with van der Waals surface area (Å²) in [6, 6.07) is 7.82. The third-order valence-electron chi connectivity index (χ3n) is 3.17. The molecule has 0 atom stereocenters. The van der Waals surface area contributed by atoms with Gasteiger partial charge in [-0.3, -0.25) is 4.79 Å². The van der Waals surface area contributed by atoms with Crippen LogP contribution in [0.15, 0.2) is 24.3 Å². The molecule has 0 aliphatic rings. The van der Waals surface area contributed by atoms with E-state index >= 15 is 0 Å². The molecule has 0 bridgehead atoms. The van der Waals surface area contributed by atoms with Crippen molar-refractivity contribution in [3.05, 3.63) is 35.7 Å². The number of rotatable bonds is 5. The molecular weight excluding hydrogens is 290 g/mol. The van der Waals surface area contributed by atoms with Gasteiger partial charge in [0, 0.05) is 5.88 Å². The summed E-state index contributed by atoms with van der Waals surface area (Å²) in [6.45, 7) is 5.84. The highest BCUT2D eigenvalue weighted by atomic mass is 35.5. The van der Waals surface area contributed by atoms with E-state index in [-0.39, 0.29) is 18.3 Å². The van der Waals surface area contributed by atoms with Crippen LogP contribution in [-0.4, -0.2) is 32.0 Å². The number of aromatic nitrogens is 4. The summed E-state index contributed by atoms with van der Waals surface area (Å²) in [6.07, 6.45) is 0. The van der Waals surface area contributed by atoms with Crippen LogP contribution in [0, 0.1) is 12.3 Å². The van der Waals surface area contributed by atoms with Gasteiger partial charge in [0.05, 0.1) is 17.6 Å². The minimum atomic E-state index is -0.621. The molecule has 0 aliphatic heterocycles. The van der Waals surface area contributed by atoms with Crippen LogP contribution < -0.4 is 5.32 Å². The van der Waals surface area contributed by atoms with Gasteiger partial charge in [0.1, 0.15) is 0 Å². The molecule has 6 nitrogen and oxygen atoms in total. The van der Waals surface area contributed by atoms with Gasteiger partial charge in [-0.1, -0.05) is 17.7 Å². The fourth-order valence-corrected chi connectivity index (χ4v) is 1.78. The number of alkyl halides is 1. The van der Waals surface area contributed by atoms with Crippen LogP contribution in [-0.2, 0) is 11.3 Å². The second kappa shape index (κ2) is 6.22. The lowest BCUT2D eigenvalue weighted by Crippen LogP contribution is -2.38. The Morgan fingerprint density at radius 3 is 2.62 bits per heavy atom. The standard InChI is InChI=1S/C14H18ClN5O/c1-10-4-6-11(7-5-10)20-12(17-18-19-20)8-16-13(21)14(2,3)9-15/h4-7H,8-9H2,1-3H3,(H,16,21). The van der Waals surface area contributed by atoms with Gasteiger partial charge in [-0.15, -0.1) is 16.7 Å². The number of tetrazole rings is 1. The van der Waals surface area contributed by atoms with E-state index in [1.807, 2.05) is 31.2 Å². The lowest BCUT2D eigenvalue weighted by Gasteiger charge is -2.20. The smallest absolute Gasteiger partial charge is 0.227 e. The first-order valence-corrected chi connectivity index (χ1v) is 7.16. The topological polar surface area (TPSA) is 72.7 Å². The van der Waals surface area contributed by atoms with Gasteiger partial charge in [-0.05, 0) is 43.3 Å². The number of nitrogens with one attached hydrogen (secondary N) is 1. The summed E-state index contributed by atoms with van der Waals surface area (Å²) in [4.78, 5) is 12.0. The van der Waals surface area contributed by atoms with E-state index in [1.165, 1.54) is 0 Å². The van der Waals surface area contributed by atoms with E-state index in [9.17, 15) is 4.79 Å². The highest BCUT2D eigenvalue weighted by molar-refractivity contribution is 6.19. The predicted molar refractivity (Wildman–Crippen MR) is 80.2 cm³/mol. The maximum absolute atomic E-state index is 12.0. The Labute approximate surface area is 128 Å². The highest BCUT2D eigenvalue weighted by Crippen LogP contribution is 2.17. The molecular formula is C14H18ClN5O. The van der Waals surface area contributed by atoms with Crippen LogP contribution in [0.5, 0.6) is 0 Å². The normalized spacial score (nSPS) is 11.4. The van der Waals surface area contributed by atoms with Crippen molar-refractivity contribution in [2.45, 2.75) is 27.3 Å². The number of carbonyl (C=O) groups excluding carboxylic acids is 1. The van der Waals surface area contributed by atoms with Gasteiger partial charge in [-0.2, -0.15) is 4.68 Å². The van der Waals surface area contributed by atoms with E-state index in [0.717, 1.165) is 11.3 Å². The quantitative estimate of drug-likeness (QED) is 0.856. The fourth-order valence-electron chi connectivity index (χ4n) is 1.66. The van der Waals surface area contributed by atoms with Crippen molar-refractivity contribution >= 4 is 17.5 Å². The van der Waals surface area contributed by atoms with Gasteiger partial charge >= 0.3 is 0 Å². The van der Waals surface area contributed by atoms with Crippen molar-refractivity contribution in [1.82, 2.24) is 25.5 Å². The summed E-state index contributed by atoms with van der Waals surface area (Å²) in [7, 11) is 0. The van der Waals surface area contributed by atoms with Crippen LogP contribution >= 0.6 is 11.6 Å². The average Bonchev–Trinajstić information content (AvgIpc) is 2.93. The lowest BCUT2D eigenvalue weighted by atomic mass is 9.95. The SMILES string of the molecule is Cc1ccc(-n2nnnc2CNC(=O)C(C)(C)CCl)cc1. The van der Waals surface area contributed by atoms with E-state index < -0.39 is 5.41 Å². The Bertz CT molecular complexity index is 621. The van der Waals surface area contributed by atoms with Crippen LogP contribution in [0.2, 0.25) is 0 Å². The number of hydrogen-bond donors (Lipinski definition) is 1. The summed E-state index contributed by atoms with van der Waals surface area (Å²) in [5, 5.41) is 14.4. The first-order chi connectivity index (χ1) is 9.94. The summed E-state index contributed by atoms with van der Waals surface area (Å²) in [5.74, 6) is 0.690. The van der Waals surface area contributed by atoms with Gasteiger partial charge in [-0.25, -0.2) is 0 Å². The molecule has 0 saturated heterocycles. The largest absolute Gasteiger partial charge is 0.348 e. The minimum absolute atomic E-state index is 0.129. The number of hydrogen-bond acceptors (Lipinski definition) is 4. The third-order valence-corrected chi connectivity index (χ3v) is 3.84. The molecule has 2 rings (SSSR count). The second-order valence-electron chi connectivity index (χ2n) is 5.54. The third kappa shape index (κ3) is 3.58. The van der Waals surface area contributed by atoms with Gasteiger partial charge in [0.25, 0.3) is 0 Å². The Hall–Kier alpha value is -1.95. The van der Waals surface area contributed by atoms with Crippen LogP contribution in [0.4, 0.5) is 0 Å². The molecule has 0 fully saturated rings. The minimum Gasteiger partial charge on any atom is -0.348 e. The van der Waals surface area contributed by atoms with Gasteiger partial charge in [0.15, 0.2) is 5.82 Å². The van der Waals surface area contributed by atoms with Crippen molar-refractivity contribution in [1.29, 1.82) is 0 Å². The molecule has 1 amide bonds. The molecule has 7 heteroatoms. The number of amides is 1. The summed E-state index contributed by atoms with van der Waals surface area (Å²) < 4.78 is 1.60. The number of nitrogens with zero attached hydrogens (tertiary/aromatic N) is 4. The molecule has 0 spiro atoms. The van der Waals surface area contributed by atoms with E-state index in [2.05, 4.69) is 20.8 Å². The number of aryl methyl sites for hydroxylation is 1. The molecule has 0 aliphatic carbocycles. The van der Waals surface area contributed by atoms with Crippen molar-refractivity contribution in [3.63, 3.8) is 0 Å². The number of halogens is 1. The van der Waals surface area contributed by atoms with Crippen molar-refractivity contribution in [2.24, 2.45) is 5.41 Å². The number of carbonyl (C=O) groups is 1. The molecule has 1 heterocycles. The zero-order valence-electron chi connectivity index (χ0n) is 12.3. The maximum atomic E-state index is 12.0. The maximum Gasteiger partial charge on any atom is 0.227 e. The zero-order chi connectivity index (χ0) is 15.5. The van der Waals surface area contributed by atoms with Crippen molar-refractivity contribution < 1.29 is 4.79 Å². The number of benzene rings is 1. The lowest BCUT2D eigenvalue weighted by molar-refractivity contribution is -0.128. The average molecular weight is 308 g/mol.